The molecule has 2 heteroatoms. The van der Waals surface area contributed by atoms with Gasteiger partial charge in [0, 0.05) is 5.88 Å². The van der Waals surface area contributed by atoms with Gasteiger partial charge in [-0.05, 0) is 6.42 Å². The highest BCUT2D eigenvalue weighted by atomic mass is 35.5. The highest BCUT2D eigenvalue weighted by molar-refractivity contribution is 6.71. The van der Waals surface area contributed by atoms with Crippen molar-refractivity contribution < 1.29 is 0 Å². The molecule has 0 aliphatic rings. The molecule has 1 radical (unpaired) electrons. The summed E-state index contributed by atoms with van der Waals surface area (Å²) in [7, 11) is -0.287. The van der Waals surface area contributed by atoms with Gasteiger partial charge in [0.2, 0.25) is 0 Å². The van der Waals surface area contributed by atoms with Crippen molar-refractivity contribution in [2.45, 2.75) is 38.3 Å². The van der Waals surface area contributed by atoms with Crippen LogP contribution in [-0.4, -0.2) is 14.7 Å². The SMILES string of the molecule is C[Si](CCCCCCCl)c1ccccc1. The Kier molecular flexibility index (Phi) is 6.78. The fourth-order valence-corrected chi connectivity index (χ4v) is 3.72. The third-order valence-electron chi connectivity index (χ3n) is 2.70. The molecule has 83 valence electrons. The number of rotatable bonds is 7. The number of benzene rings is 1. The summed E-state index contributed by atoms with van der Waals surface area (Å²) < 4.78 is 0. The maximum atomic E-state index is 5.65. The highest BCUT2D eigenvalue weighted by Gasteiger charge is 2.05. The van der Waals surface area contributed by atoms with Crippen LogP contribution >= 0.6 is 11.6 Å². The number of halogens is 1. The molecule has 0 aromatic heterocycles. The summed E-state index contributed by atoms with van der Waals surface area (Å²) in [6.07, 6.45) is 5.20. The van der Waals surface area contributed by atoms with Crippen LogP contribution in [-0.2, 0) is 0 Å². The molecule has 0 saturated heterocycles. The van der Waals surface area contributed by atoms with Gasteiger partial charge in [-0.2, -0.15) is 0 Å². The van der Waals surface area contributed by atoms with Crippen molar-refractivity contribution in [3.63, 3.8) is 0 Å². The van der Waals surface area contributed by atoms with E-state index in [1.54, 1.807) is 5.19 Å². The number of hydrogen-bond acceptors (Lipinski definition) is 0. The maximum absolute atomic E-state index is 5.65. The van der Waals surface area contributed by atoms with Gasteiger partial charge in [-0.3, -0.25) is 0 Å². The third kappa shape index (κ3) is 5.38. The van der Waals surface area contributed by atoms with Crippen molar-refractivity contribution in [2.24, 2.45) is 0 Å². The van der Waals surface area contributed by atoms with Gasteiger partial charge in [0.1, 0.15) is 0 Å². The molecule has 0 atom stereocenters. The van der Waals surface area contributed by atoms with Crippen LogP contribution in [0.25, 0.3) is 0 Å². The van der Waals surface area contributed by atoms with Crippen LogP contribution in [0.4, 0.5) is 0 Å². The van der Waals surface area contributed by atoms with Gasteiger partial charge in [-0.25, -0.2) is 0 Å². The van der Waals surface area contributed by atoms with Gasteiger partial charge in [0.15, 0.2) is 0 Å². The second-order valence-electron chi connectivity index (χ2n) is 4.00. The molecule has 1 aromatic rings. The summed E-state index contributed by atoms with van der Waals surface area (Å²) in [5.74, 6) is 0.822. The Morgan fingerprint density at radius 3 is 2.33 bits per heavy atom. The molecule has 0 bridgehead atoms. The minimum absolute atomic E-state index is 0.287. The average molecular weight is 240 g/mol. The predicted molar refractivity (Wildman–Crippen MR) is 71.7 cm³/mol. The fourth-order valence-electron chi connectivity index (χ4n) is 1.71. The van der Waals surface area contributed by atoms with Crippen LogP contribution in [0.3, 0.4) is 0 Å². The summed E-state index contributed by atoms with van der Waals surface area (Å²) >= 11 is 5.65. The topological polar surface area (TPSA) is 0 Å². The Labute approximate surface area is 100 Å². The van der Waals surface area contributed by atoms with Crippen LogP contribution in [0.5, 0.6) is 0 Å². The van der Waals surface area contributed by atoms with Gasteiger partial charge < -0.3 is 0 Å². The molecule has 0 aliphatic carbocycles. The largest absolute Gasteiger partial charge is 0.127 e. The van der Waals surface area contributed by atoms with E-state index in [2.05, 4.69) is 36.9 Å². The van der Waals surface area contributed by atoms with Crippen LogP contribution in [0.15, 0.2) is 30.3 Å². The lowest BCUT2D eigenvalue weighted by molar-refractivity contribution is 0.702. The lowest BCUT2D eigenvalue weighted by Gasteiger charge is -2.09. The first kappa shape index (κ1) is 12.8. The molecule has 15 heavy (non-hydrogen) atoms. The van der Waals surface area contributed by atoms with Crippen LogP contribution in [0, 0.1) is 0 Å². The minimum Gasteiger partial charge on any atom is -0.127 e. The molecule has 0 unspecified atom stereocenters. The standard InChI is InChI=1S/C13H20ClSi/c1-15(12-8-3-2-7-11-14)13-9-5-4-6-10-13/h4-6,9-10H,2-3,7-8,11-12H2,1H3. The van der Waals surface area contributed by atoms with E-state index in [0.717, 1.165) is 5.88 Å². The molecule has 1 rings (SSSR count). The molecule has 0 amide bonds. The number of hydrogen-bond donors (Lipinski definition) is 0. The van der Waals surface area contributed by atoms with E-state index in [1.807, 2.05) is 0 Å². The van der Waals surface area contributed by atoms with Gasteiger partial charge in [0.05, 0.1) is 8.80 Å². The molecule has 0 saturated carbocycles. The molecule has 1 aromatic carbocycles. The summed E-state index contributed by atoms with van der Waals surface area (Å²) in [5, 5.41) is 1.57. The van der Waals surface area contributed by atoms with E-state index in [1.165, 1.54) is 31.7 Å². The molecular weight excluding hydrogens is 220 g/mol. The van der Waals surface area contributed by atoms with E-state index < -0.39 is 0 Å². The number of unbranched alkanes of at least 4 members (excludes halogenated alkanes) is 3. The Morgan fingerprint density at radius 1 is 1.00 bits per heavy atom. The zero-order chi connectivity index (χ0) is 10.9. The van der Waals surface area contributed by atoms with Crippen molar-refractivity contribution in [1.29, 1.82) is 0 Å². The summed E-state index contributed by atoms with van der Waals surface area (Å²) in [6.45, 7) is 2.42. The highest BCUT2D eigenvalue weighted by Crippen LogP contribution is 2.07. The van der Waals surface area contributed by atoms with Crippen LogP contribution < -0.4 is 5.19 Å². The summed E-state index contributed by atoms with van der Waals surface area (Å²) in [4.78, 5) is 0. The van der Waals surface area contributed by atoms with Crippen LogP contribution in [0.2, 0.25) is 12.6 Å². The van der Waals surface area contributed by atoms with Gasteiger partial charge in [0.25, 0.3) is 0 Å². The lowest BCUT2D eigenvalue weighted by atomic mass is 10.2. The second kappa shape index (κ2) is 7.95. The molecule has 0 aliphatic heterocycles. The van der Waals surface area contributed by atoms with E-state index in [-0.39, 0.29) is 8.80 Å². The van der Waals surface area contributed by atoms with Gasteiger partial charge >= 0.3 is 0 Å². The van der Waals surface area contributed by atoms with E-state index in [0.29, 0.717) is 0 Å². The Hall–Kier alpha value is -0.273. The van der Waals surface area contributed by atoms with Crippen molar-refractivity contribution >= 4 is 25.6 Å². The molecule has 0 heterocycles. The molecule has 0 fully saturated rings. The van der Waals surface area contributed by atoms with E-state index in [9.17, 15) is 0 Å². The average Bonchev–Trinajstić information content (AvgIpc) is 2.30. The lowest BCUT2D eigenvalue weighted by Crippen LogP contribution is -2.25. The van der Waals surface area contributed by atoms with E-state index >= 15 is 0 Å². The smallest absolute Gasteiger partial charge is 0.0824 e. The normalized spacial score (nSPS) is 10.9. The Bertz CT molecular complexity index is 248. The van der Waals surface area contributed by atoms with Crippen molar-refractivity contribution in [2.75, 3.05) is 5.88 Å². The monoisotopic (exact) mass is 239 g/mol. The van der Waals surface area contributed by atoms with E-state index in [4.69, 9.17) is 11.6 Å². The third-order valence-corrected chi connectivity index (χ3v) is 5.39. The molecular formula is C13H20ClSi. The first-order valence-corrected chi connectivity index (χ1v) is 8.52. The minimum atomic E-state index is -0.287. The predicted octanol–water partition coefficient (Wildman–Crippen LogP) is 3.82. The zero-order valence-corrected chi connectivity index (χ0v) is 11.3. The van der Waals surface area contributed by atoms with Crippen molar-refractivity contribution in [3.05, 3.63) is 30.3 Å². The van der Waals surface area contributed by atoms with Crippen molar-refractivity contribution in [1.82, 2.24) is 0 Å². The van der Waals surface area contributed by atoms with Crippen molar-refractivity contribution in [3.8, 4) is 0 Å². The first-order valence-electron chi connectivity index (χ1n) is 5.78. The summed E-state index contributed by atoms with van der Waals surface area (Å²) in [5.41, 5.74) is 0. The molecule has 0 N–H and O–H groups in total. The molecule has 0 nitrogen and oxygen atoms in total. The first-order chi connectivity index (χ1) is 7.34. The molecule has 0 spiro atoms. The Balaban J connectivity index is 2.16. The summed E-state index contributed by atoms with van der Waals surface area (Å²) in [6, 6.07) is 12.3. The van der Waals surface area contributed by atoms with Gasteiger partial charge in [-0.1, -0.05) is 67.4 Å². The Morgan fingerprint density at radius 2 is 1.67 bits per heavy atom. The second-order valence-corrected chi connectivity index (χ2v) is 7.02. The zero-order valence-electron chi connectivity index (χ0n) is 9.51. The quantitative estimate of drug-likeness (QED) is 0.386. The number of alkyl halides is 1. The van der Waals surface area contributed by atoms with Gasteiger partial charge in [-0.15, -0.1) is 11.6 Å². The fraction of sp³-hybridized carbons (Fsp3) is 0.538. The maximum Gasteiger partial charge on any atom is 0.0824 e. The van der Waals surface area contributed by atoms with Crippen LogP contribution in [0.1, 0.15) is 25.7 Å².